The molecule has 0 saturated carbocycles. The normalized spacial score (nSPS) is 19.8. The SMILES string of the molecule is Cc1cc(N)cc(S(=O)(=O)NCC2CCCO2)c1F. The van der Waals surface area contributed by atoms with Crippen molar-refractivity contribution in [3.05, 3.63) is 23.5 Å². The zero-order chi connectivity index (χ0) is 14.0. The molecule has 1 aliphatic rings. The van der Waals surface area contributed by atoms with Crippen molar-refractivity contribution in [1.29, 1.82) is 0 Å². The van der Waals surface area contributed by atoms with Crippen molar-refractivity contribution in [2.45, 2.75) is 30.8 Å². The lowest BCUT2D eigenvalue weighted by atomic mass is 10.2. The number of ether oxygens (including phenoxy) is 1. The van der Waals surface area contributed by atoms with Crippen LogP contribution < -0.4 is 10.5 Å². The lowest BCUT2D eigenvalue weighted by Gasteiger charge is -2.13. The van der Waals surface area contributed by atoms with Crippen LogP contribution in [0.15, 0.2) is 17.0 Å². The zero-order valence-electron chi connectivity index (χ0n) is 10.6. The molecule has 0 spiro atoms. The van der Waals surface area contributed by atoms with Crippen LogP contribution in [0, 0.1) is 12.7 Å². The minimum atomic E-state index is -3.91. The third-order valence-electron chi connectivity index (χ3n) is 3.06. The summed E-state index contributed by atoms with van der Waals surface area (Å²) in [7, 11) is -3.91. The van der Waals surface area contributed by atoms with Gasteiger partial charge >= 0.3 is 0 Å². The Bertz CT molecular complexity index is 569. The first-order valence-electron chi connectivity index (χ1n) is 6.07. The molecule has 19 heavy (non-hydrogen) atoms. The highest BCUT2D eigenvalue weighted by Gasteiger charge is 2.23. The maximum atomic E-state index is 13.9. The number of nitrogen functional groups attached to an aromatic ring is 1. The van der Waals surface area contributed by atoms with E-state index in [-0.39, 0.29) is 23.9 Å². The van der Waals surface area contributed by atoms with Crippen LogP contribution in [0.3, 0.4) is 0 Å². The predicted molar refractivity (Wildman–Crippen MR) is 69.7 cm³/mol. The molecule has 3 N–H and O–H groups in total. The Morgan fingerprint density at radius 1 is 1.53 bits per heavy atom. The van der Waals surface area contributed by atoms with Gasteiger partial charge in [0.2, 0.25) is 10.0 Å². The van der Waals surface area contributed by atoms with Crippen LogP contribution in [0.5, 0.6) is 0 Å². The van der Waals surface area contributed by atoms with E-state index in [0.29, 0.717) is 6.61 Å². The van der Waals surface area contributed by atoms with Gasteiger partial charge in [0.05, 0.1) is 6.10 Å². The minimum Gasteiger partial charge on any atom is -0.399 e. The number of sulfonamides is 1. The first-order chi connectivity index (χ1) is 8.90. The van der Waals surface area contributed by atoms with E-state index < -0.39 is 20.7 Å². The predicted octanol–water partition coefficient (Wildman–Crippen LogP) is 1.17. The summed E-state index contributed by atoms with van der Waals surface area (Å²) >= 11 is 0. The van der Waals surface area contributed by atoms with Crippen molar-refractivity contribution in [3.8, 4) is 0 Å². The van der Waals surface area contributed by atoms with Crippen LogP contribution in [0.25, 0.3) is 0 Å². The van der Waals surface area contributed by atoms with Gasteiger partial charge in [0.1, 0.15) is 10.7 Å². The molecule has 1 aliphatic heterocycles. The number of hydrogen-bond donors (Lipinski definition) is 2. The molecule has 1 fully saturated rings. The van der Waals surface area contributed by atoms with Crippen molar-refractivity contribution < 1.29 is 17.5 Å². The second-order valence-electron chi connectivity index (χ2n) is 4.64. The number of anilines is 1. The van der Waals surface area contributed by atoms with Gasteiger partial charge in [0.15, 0.2) is 0 Å². The number of aryl methyl sites for hydroxylation is 1. The smallest absolute Gasteiger partial charge is 0.243 e. The molecule has 0 radical (unpaired) electrons. The molecule has 1 saturated heterocycles. The number of rotatable bonds is 4. The van der Waals surface area contributed by atoms with E-state index in [1.807, 2.05) is 0 Å². The van der Waals surface area contributed by atoms with Gasteiger partial charge in [-0.2, -0.15) is 0 Å². The number of halogens is 1. The van der Waals surface area contributed by atoms with E-state index >= 15 is 0 Å². The maximum absolute atomic E-state index is 13.9. The Hall–Kier alpha value is -1.18. The first kappa shape index (κ1) is 14.2. The highest BCUT2D eigenvalue weighted by molar-refractivity contribution is 7.89. The molecule has 2 rings (SSSR count). The number of hydrogen-bond acceptors (Lipinski definition) is 4. The van der Waals surface area contributed by atoms with E-state index in [4.69, 9.17) is 10.5 Å². The molecule has 1 unspecified atom stereocenters. The van der Waals surface area contributed by atoms with Gasteiger partial charge in [-0.05, 0) is 37.5 Å². The van der Waals surface area contributed by atoms with Crippen LogP contribution in [0.2, 0.25) is 0 Å². The fourth-order valence-electron chi connectivity index (χ4n) is 2.05. The van der Waals surface area contributed by atoms with Crippen LogP contribution in [-0.2, 0) is 14.8 Å². The summed E-state index contributed by atoms with van der Waals surface area (Å²) in [5, 5.41) is 0. The van der Waals surface area contributed by atoms with Crippen molar-refractivity contribution in [2.24, 2.45) is 0 Å². The molecule has 5 nitrogen and oxygen atoms in total. The van der Waals surface area contributed by atoms with Crippen LogP contribution >= 0.6 is 0 Å². The van der Waals surface area contributed by atoms with E-state index in [0.717, 1.165) is 18.9 Å². The fraction of sp³-hybridized carbons (Fsp3) is 0.500. The summed E-state index contributed by atoms with van der Waals surface area (Å²) < 4.78 is 45.7. The molecule has 1 aromatic carbocycles. The maximum Gasteiger partial charge on any atom is 0.243 e. The summed E-state index contributed by atoms with van der Waals surface area (Å²) in [5.41, 5.74) is 5.98. The summed E-state index contributed by atoms with van der Waals surface area (Å²) in [6.07, 6.45) is 1.58. The number of nitrogens with one attached hydrogen (secondary N) is 1. The second-order valence-corrected chi connectivity index (χ2v) is 6.37. The minimum absolute atomic E-state index is 0.139. The Morgan fingerprint density at radius 3 is 2.89 bits per heavy atom. The quantitative estimate of drug-likeness (QED) is 0.815. The standard InChI is InChI=1S/C12H17FN2O3S/c1-8-5-9(14)6-11(12(8)13)19(16,17)15-7-10-3-2-4-18-10/h5-6,10,15H,2-4,7,14H2,1H3. The molecule has 0 bridgehead atoms. The third kappa shape index (κ3) is 3.23. The molecular weight excluding hydrogens is 271 g/mol. The summed E-state index contributed by atoms with van der Waals surface area (Å²) in [5.74, 6) is -0.769. The molecule has 1 aromatic rings. The first-order valence-corrected chi connectivity index (χ1v) is 7.55. The van der Waals surface area contributed by atoms with Gasteiger partial charge in [-0.15, -0.1) is 0 Å². The molecule has 1 heterocycles. The highest BCUT2D eigenvalue weighted by Crippen LogP contribution is 2.21. The summed E-state index contributed by atoms with van der Waals surface area (Å²) in [6.45, 7) is 2.26. The lowest BCUT2D eigenvalue weighted by molar-refractivity contribution is 0.114. The molecular formula is C12H17FN2O3S. The van der Waals surface area contributed by atoms with Crippen molar-refractivity contribution >= 4 is 15.7 Å². The monoisotopic (exact) mass is 288 g/mol. The van der Waals surface area contributed by atoms with Gasteiger partial charge in [-0.25, -0.2) is 17.5 Å². The molecule has 0 aliphatic carbocycles. The summed E-state index contributed by atoms with van der Waals surface area (Å²) in [4.78, 5) is -0.414. The second kappa shape index (κ2) is 5.44. The van der Waals surface area contributed by atoms with Crippen LogP contribution in [0.1, 0.15) is 18.4 Å². The average molecular weight is 288 g/mol. The molecule has 0 amide bonds. The Morgan fingerprint density at radius 2 is 2.26 bits per heavy atom. The van der Waals surface area contributed by atoms with Gasteiger partial charge in [-0.1, -0.05) is 0 Å². The van der Waals surface area contributed by atoms with E-state index in [2.05, 4.69) is 4.72 Å². The Labute approximate surface area is 112 Å². The third-order valence-corrected chi connectivity index (χ3v) is 4.48. The number of nitrogens with two attached hydrogens (primary N) is 1. The van der Waals surface area contributed by atoms with Crippen LogP contribution in [-0.4, -0.2) is 27.7 Å². The zero-order valence-corrected chi connectivity index (χ0v) is 11.5. The Kier molecular flexibility index (Phi) is 4.07. The topological polar surface area (TPSA) is 81.4 Å². The van der Waals surface area contributed by atoms with Crippen molar-refractivity contribution in [1.82, 2.24) is 4.72 Å². The summed E-state index contributed by atoms with van der Waals surface area (Å²) in [6, 6.07) is 2.52. The lowest BCUT2D eigenvalue weighted by Crippen LogP contribution is -2.32. The van der Waals surface area contributed by atoms with Gasteiger partial charge < -0.3 is 10.5 Å². The van der Waals surface area contributed by atoms with E-state index in [9.17, 15) is 12.8 Å². The van der Waals surface area contributed by atoms with Gasteiger partial charge in [0, 0.05) is 18.8 Å². The number of benzene rings is 1. The van der Waals surface area contributed by atoms with Crippen molar-refractivity contribution in [2.75, 3.05) is 18.9 Å². The van der Waals surface area contributed by atoms with E-state index in [1.165, 1.54) is 13.0 Å². The molecule has 7 heteroatoms. The van der Waals surface area contributed by atoms with Crippen molar-refractivity contribution in [3.63, 3.8) is 0 Å². The average Bonchev–Trinajstić information content (AvgIpc) is 2.84. The molecule has 106 valence electrons. The van der Waals surface area contributed by atoms with Gasteiger partial charge in [-0.3, -0.25) is 0 Å². The van der Waals surface area contributed by atoms with Crippen LogP contribution in [0.4, 0.5) is 10.1 Å². The van der Waals surface area contributed by atoms with E-state index in [1.54, 1.807) is 0 Å². The Balaban J connectivity index is 2.19. The highest BCUT2D eigenvalue weighted by atomic mass is 32.2. The molecule has 1 atom stereocenters. The molecule has 0 aromatic heterocycles. The largest absolute Gasteiger partial charge is 0.399 e. The van der Waals surface area contributed by atoms with Gasteiger partial charge in [0.25, 0.3) is 0 Å². The fourth-order valence-corrected chi connectivity index (χ4v) is 3.29.